The van der Waals surface area contributed by atoms with E-state index < -0.39 is 6.16 Å². The second-order valence-electron chi connectivity index (χ2n) is 3.25. The topological polar surface area (TPSA) is 35.5 Å². The standard InChI is InChI=1S/C14H16O3/c1-2-16-14(15)17-12-8-4-7-11-13-9-5-3-6-10-13/h3-6,9-11H,2,8,12H2,1H3. The monoisotopic (exact) mass is 232 g/mol. The van der Waals surface area contributed by atoms with Gasteiger partial charge in [0.05, 0.1) is 13.2 Å². The van der Waals surface area contributed by atoms with Crippen LogP contribution >= 0.6 is 0 Å². The Morgan fingerprint density at radius 1 is 1.29 bits per heavy atom. The quantitative estimate of drug-likeness (QED) is 0.443. The molecule has 0 unspecified atom stereocenters. The van der Waals surface area contributed by atoms with E-state index >= 15 is 0 Å². The van der Waals surface area contributed by atoms with Crippen molar-refractivity contribution in [3.63, 3.8) is 0 Å². The molecule has 0 saturated heterocycles. The Kier molecular flexibility index (Phi) is 6.30. The van der Waals surface area contributed by atoms with Crippen LogP contribution in [-0.2, 0) is 9.47 Å². The lowest BCUT2D eigenvalue weighted by Gasteiger charge is -2.00. The first-order valence-electron chi connectivity index (χ1n) is 5.58. The van der Waals surface area contributed by atoms with Crippen molar-refractivity contribution < 1.29 is 14.3 Å². The highest BCUT2D eigenvalue weighted by atomic mass is 16.7. The first kappa shape index (κ1) is 13.1. The molecule has 17 heavy (non-hydrogen) atoms. The predicted octanol–water partition coefficient (Wildman–Crippen LogP) is 3.42. The number of carbonyl (C=O) groups excluding carboxylic acids is 1. The molecule has 90 valence electrons. The van der Waals surface area contributed by atoms with Crippen molar-refractivity contribution in [2.75, 3.05) is 13.2 Å². The van der Waals surface area contributed by atoms with E-state index in [1.54, 1.807) is 6.92 Å². The summed E-state index contributed by atoms with van der Waals surface area (Å²) in [5.41, 5.74) is 4.12. The number of ether oxygens (including phenoxy) is 2. The summed E-state index contributed by atoms with van der Waals surface area (Å²) in [7, 11) is 0. The molecule has 1 aromatic rings. The van der Waals surface area contributed by atoms with Gasteiger partial charge in [-0.25, -0.2) is 4.79 Å². The number of hydrogen-bond donors (Lipinski definition) is 0. The fraction of sp³-hybridized carbons (Fsp3) is 0.286. The highest BCUT2D eigenvalue weighted by Crippen LogP contribution is 1.99. The van der Waals surface area contributed by atoms with Gasteiger partial charge < -0.3 is 9.47 Å². The van der Waals surface area contributed by atoms with Gasteiger partial charge in [-0.3, -0.25) is 0 Å². The van der Waals surface area contributed by atoms with Crippen LogP contribution in [0.25, 0.3) is 6.08 Å². The van der Waals surface area contributed by atoms with E-state index in [0.29, 0.717) is 19.6 Å². The van der Waals surface area contributed by atoms with Crippen LogP contribution in [0.5, 0.6) is 0 Å². The average Bonchev–Trinajstić information content (AvgIpc) is 2.35. The average molecular weight is 232 g/mol. The van der Waals surface area contributed by atoms with Gasteiger partial charge in [-0.05, 0) is 24.6 Å². The summed E-state index contributed by atoms with van der Waals surface area (Å²) in [6, 6.07) is 9.90. The van der Waals surface area contributed by atoms with E-state index in [2.05, 4.69) is 10.5 Å². The minimum absolute atomic E-state index is 0.314. The Bertz CT molecular complexity index is 389. The third-order valence-electron chi connectivity index (χ3n) is 1.91. The molecule has 0 aliphatic rings. The van der Waals surface area contributed by atoms with Gasteiger partial charge in [0.1, 0.15) is 0 Å². The largest absolute Gasteiger partial charge is 0.508 e. The molecule has 0 aromatic heterocycles. The molecule has 0 radical (unpaired) electrons. The van der Waals surface area contributed by atoms with E-state index in [-0.39, 0.29) is 0 Å². The maximum Gasteiger partial charge on any atom is 0.508 e. The lowest BCUT2D eigenvalue weighted by atomic mass is 10.2. The third-order valence-corrected chi connectivity index (χ3v) is 1.91. The molecule has 1 aromatic carbocycles. The molecule has 0 atom stereocenters. The molecule has 0 bridgehead atoms. The summed E-state index contributed by atoms with van der Waals surface area (Å²) in [5.74, 6) is 0. The zero-order valence-electron chi connectivity index (χ0n) is 9.89. The zero-order valence-corrected chi connectivity index (χ0v) is 9.89. The number of rotatable bonds is 5. The fourth-order valence-corrected chi connectivity index (χ4v) is 1.15. The third kappa shape index (κ3) is 6.23. The number of benzene rings is 1. The van der Waals surface area contributed by atoms with E-state index in [1.165, 1.54) is 0 Å². The normalized spacial score (nSPS) is 9.00. The second kappa shape index (κ2) is 8.20. The highest BCUT2D eigenvalue weighted by Gasteiger charge is 1.98. The first-order valence-corrected chi connectivity index (χ1v) is 5.58. The summed E-state index contributed by atoms with van der Waals surface area (Å²) in [5, 5.41) is 0. The minimum Gasteiger partial charge on any atom is -0.435 e. The highest BCUT2D eigenvalue weighted by molar-refractivity contribution is 5.59. The van der Waals surface area contributed by atoms with Gasteiger partial charge in [-0.15, -0.1) is 5.73 Å². The van der Waals surface area contributed by atoms with E-state index in [9.17, 15) is 4.79 Å². The molecule has 0 N–H and O–H groups in total. The fourth-order valence-electron chi connectivity index (χ4n) is 1.15. The second-order valence-corrected chi connectivity index (χ2v) is 3.25. The van der Waals surface area contributed by atoms with Gasteiger partial charge in [-0.2, -0.15) is 0 Å². The Hall–Kier alpha value is -1.99. The van der Waals surface area contributed by atoms with Crippen molar-refractivity contribution in [1.29, 1.82) is 0 Å². The van der Waals surface area contributed by atoms with Crippen molar-refractivity contribution in [3.8, 4) is 0 Å². The summed E-state index contributed by atoms with van der Waals surface area (Å²) in [6.45, 7) is 2.39. The first-order chi connectivity index (χ1) is 8.33. The van der Waals surface area contributed by atoms with Crippen molar-refractivity contribution in [1.82, 2.24) is 0 Å². The van der Waals surface area contributed by atoms with Crippen molar-refractivity contribution in [2.45, 2.75) is 13.3 Å². The molecule has 0 fully saturated rings. The molecule has 3 heteroatoms. The zero-order chi connectivity index (χ0) is 12.3. The van der Waals surface area contributed by atoms with Crippen molar-refractivity contribution in [3.05, 3.63) is 47.7 Å². The lowest BCUT2D eigenvalue weighted by molar-refractivity contribution is 0.0604. The van der Waals surface area contributed by atoms with Gasteiger partial charge in [0.25, 0.3) is 0 Å². The van der Waals surface area contributed by atoms with E-state index in [4.69, 9.17) is 4.74 Å². The molecule has 0 amide bonds. The molecule has 3 nitrogen and oxygen atoms in total. The van der Waals surface area contributed by atoms with Gasteiger partial charge >= 0.3 is 6.16 Å². The summed E-state index contributed by atoms with van der Waals surface area (Å²) >= 11 is 0. The predicted molar refractivity (Wildman–Crippen MR) is 66.6 cm³/mol. The molecule has 0 spiro atoms. The summed E-state index contributed by atoms with van der Waals surface area (Å²) in [4.78, 5) is 10.8. The Labute approximate surface area is 101 Å². The van der Waals surface area contributed by atoms with Gasteiger partial charge in [0.2, 0.25) is 0 Å². The minimum atomic E-state index is -0.618. The smallest absolute Gasteiger partial charge is 0.435 e. The van der Waals surface area contributed by atoms with Gasteiger partial charge in [0.15, 0.2) is 0 Å². The number of hydrogen-bond acceptors (Lipinski definition) is 3. The van der Waals surface area contributed by atoms with Crippen LogP contribution < -0.4 is 0 Å². The number of carbonyl (C=O) groups is 1. The van der Waals surface area contributed by atoms with Gasteiger partial charge in [0, 0.05) is 6.42 Å². The van der Waals surface area contributed by atoms with Crippen LogP contribution in [0, 0.1) is 0 Å². The molecular formula is C14H16O3. The molecular weight excluding hydrogens is 216 g/mol. The Balaban J connectivity index is 2.22. The Morgan fingerprint density at radius 2 is 2.06 bits per heavy atom. The molecule has 0 saturated carbocycles. The molecule has 0 heterocycles. The van der Waals surface area contributed by atoms with Crippen LogP contribution in [-0.4, -0.2) is 19.4 Å². The van der Waals surface area contributed by atoms with E-state index in [0.717, 1.165) is 5.56 Å². The van der Waals surface area contributed by atoms with Crippen molar-refractivity contribution in [2.24, 2.45) is 0 Å². The van der Waals surface area contributed by atoms with Crippen LogP contribution in [0.15, 0.2) is 42.1 Å². The van der Waals surface area contributed by atoms with Crippen LogP contribution in [0.2, 0.25) is 0 Å². The summed E-state index contributed by atoms with van der Waals surface area (Å²) in [6.07, 6.45) is 3.71. The SMILES string of the molecule is CCOC(=O)OCCC=C=Cc1ccccc1. The Morgan fingerprint density at radius 3 is 2.76 bits per heavy atom. The molecule has 1 rings (SSSR count). The van der Waals surface area contributed by atoms with Crippen LogP contribution in [0.1, 0.15) is 18.9 Å². The summed E-state index contributed by atoms with van der Waals surface area (Å²) < 4.78 is 9.40. The van der Waals surface area contributed by atoms with E-state index in [1.807, 2.05) is 42.5 Å². The van der Waals surface area contributed by atoms with Crippen molar-refractivity contribution >= 4 is 12.2 Å². The molecule has 0 aliphatic carbocycles. The maximum absolute atomic E-state index is 10.8. The van der Waals surface area contributed by atoms with Gasteiger partial charge in [-0.1, -0.05) is 30.3 Å². The van der Waals surface area contributed by atoms with Crippen LogP contribution in [0.4, 0.5) is 4.79 Å². The molecule has 0 aliphatic heterocycles. The lowest BCUT2D eigenvalue weighted by Crippen LogP contribution is -2.07. The maximum atomic E-state index is 10.8. The van der Waals surface area contributed by atoms with Crippen LogP contribution in [0.3, 0.4) is 0 Å².